The van der Waals surface area contributed by atoms with Crippen LogP contribution in [0, 0.1) is 10.1 Å². The third kappa shape index (κ3) is 4.82. The van der Waals surface area contributed by atoms with Crippen molar-refractivity contribution in [3.8, 4) is 0 Å². The summed E-state index contributed by atoms with van der Waals surface area (Å²) in [5.41, 5.74) is 0.460. The molecule has 0 aromatic heterocycles. The molecule has 0 bridgehead atoms. The Morgan fingerprint density at radius 3 is 2.67 bits per heavy atom. The molecule has 0 radical (unpaired) electrons. The fraction of sp³-hybridized carbons (Fsp3) is 0.533. The summed E-state index contributed by atoms with van der Waals surface area (Å²) in [6, 6.07) is 6.37. The van der Waals surface area contributed by atoms with Crippen LogP contribution in [-0.4, -0.2) is 41.9 Å². The lowest BCUT2D eigenvalue weighted by atomic mass is 10.1. The Kier molecular flexibility index (Phi) is 5.68. The summed E-state index contributed by atoms with van der Waals surface area (Å²) in [4.78, 5) is 24.7. The lowest BCUT2D eigenvalue weighted by Crippen LogP contribution is -2.38. The lowest BCUT2D eigenvalue weighted by molar-refractivity contribution is -0.385. The first-order valence-corrected chi connectivity index (χ1v) is 7.38. The van der Waals surface area contributed by atoms with Gasteiger partial charge in [-0.05, 0) is 25.9 Å². The molecule has 21 heavy (non-hydrogen) atoms. The number of benzene rings is 1. The summed E-state index contributed by atoms with van der Waals surface area (Å²) in [6.07, 6.45) is 3.80. The number of amides is 1. The highest BCUT2D eigenvalue weighted by Crippen LogP contribution is 2.17. The normalized spacial score (nSPS) is 15.6. The maximum atomic E-state index is 11.9. The second kappa shape index (κ2) is 7.73. The zero-order valence-corrected chi connectivity index (χ0v) is 12.1. The highest BCUT2D eigenvalue weighted by atomic mass is 16.6. The van der Waals surface area contributed by atoms with Crippen molar-refractivity contribution in [3.05, 3.63) is 39.9 Å². The molecule has 1 fully saturated rings. The molecule has 2 rings (SSSR count). The van der Waals surface area contributed by atoms with E-state index in [1.807, 2.05) is 0 Å². The van der Waals surface area contributed by atoms with Gasteiger partial charge in [0.1, 0.15) is 0 Å². The molecule has 1 aliphatic rings. The number of hydrogen-bond donors (Lipinski definition) is 1. The fourth-order valence-electron chi connectivity index (χ4n) is 2.61. The van der Waals surface area contributed by atoms with E-state index in [0.29, 0.717) is 12.1 Å². The van der Waals surface area contributed by atoms with Gasteiger partial charge in [0.25, 0.3) is 5.69 Å². The number of nitro groups is 1. The highest BCUT2D eigenvalue weighted by Gasteiger charge is 2.15. The first-order valence-electron chi connectivity index (χ1n) is 7.38. The van der Waals surface area contributed by atoms with Gasteiger partial charge < -0.3 is 10.2 Å². The van der Waals surface area contributed by atoms with Crippen molar-refractivity contribution >= 4 is 11.6 Å². The van der Waals surface area contributed by atoms with E-state index in [1.165, 1.54) is 25.3 Å². The van der Waals surface area contributed by atoms with Crippen molar-refractivity contribution < 1.29 is 9.72 Å². The van der Waals surface area contributed by atoms with Crippen LogP contribution in [0.2, 0.25) is 0 Å². The van der Waals surface area contributed by atoms with Crippen molar-refractivity contribution in [3.63, 3.8) is 0 Å². The summed E-state index contributed by atoms with van der Waals surface area (Å²) in [5.74, 6) is -0.165. The second-order valence-corrected chi connectivity index (χ2v) is 5.31. The number of carbonyl (C=O) groups excluding carboxylic acids is 1. The van der Waals surface area contributed by atoms with Crippen molar-refractivity contribution in [2.24, 2.45) is 0 Å². The number of hydrogen-bond acceptors (Lipinski definition) is 4. The van der Waals surface area contributed by atoms with E-state index in [4.69, 9.17) is 0 Å². The first-order chi connectivity index (χ1) is 10.2. The van der Waals surface area contributed by atoms with E-state index < -0.39 is 4.92 Å². The van der Waals surface area contributed by atoms with Gasteiger partial charge in [0.2, 0.25) is 5.91 Å². The van der Waals surface area contributed by atoms with Gasteiger partial charge in [0.05, 0.1) is 11.3 Å². The smallest absolute Gasteiger partial charge is 0.273 e. The van der Waals surface area contributed by atoms with Crippen LogP contribution >= 0.6 is 0 Å². The number of carbonyl (C=O) groups is 1. The summed E-state index contributed by atoms with van der Waals surface area (Å²) in [7, 11) is 0. The van der Waals surface area contributed by atoms with E-state index in [9.17, 15) is 14.9 Å². The molecule has 1 aromatic carbocycles. The van der Waals surface area contributed by atoms with Crippen LogP contribution in [0.1, 0.15) is 24.8 Å². The molecule has 6 nitrogen and oxygen atoms in total. The molecule has 1 aromatic rings. The Morgan fingerprint density at radius 1 is 1.24 bits per heavy atom. The van der Waals surface area contributed by atoms with E-state index >= 15 is 0 Å². The predicted octanol–water partition coefficient (Wildman–Crippen LogP) is 1.74. The summed E-state index contributed by atoms with van der Waals surface area (Å²) >= 11 is 0. The maximum absolute atomic E-state index is 11.9. The van der Waals surface area contributed by atoms with Gasteiger partial charge in [-0.1, -0.05) is 24.6 Å². The third-order valence-electron chi connectivity index (χ3n) is 3.74. The number of para-hydroxylation sites is 1. The lowest BCUT2D eigenvalue weighted by Gasteiger charge is -2.26. The van der Waals surface area contributed by atoms with E-state index in [0.717, 1.165) is 19.6 Å². The summed E-state index contributed by atoms with van der Waals surface area (Å²) in [6.45, 7) is 3.64. The molecule has 1 aliphatic heterocycles. The molecular weight excluding hydrogens is 270 g/mol. The number of likely N-dealkylation sites (tertiary alicyclic amines) is 1. The van der Waals surface area contributed by atoms with Crippen LogP contribution in [0.5, 0.6) is 0 Å². The Bertz CT molecular complexity index is 499. The van der Waals surface area contributed by atoms with Gasteiger partial charge in [-0.15, -0.1) is 0 Å². The van der Waals surface area contributed by atoms with Gasteiger partial charge in [0, 0.05) is 24.7 Å². The van der Waals surface area contributed by atoms with E-state index in [1.54, 1.807) is 18.2 Å². The molecule has 114 valence electrons. The molecule has 1 amide bonds. The molecular formula is C15H21N3O3. The number of nitrogens with zero attached hydrogens (tertiary/aromatic N) is 2. The number of rotatable bonds is 6. The molecule has 6 heteroatoms. The minimum atomic E-state index is -0.448. The fourth-order valence-corrected chi connectivity index (χ4v) is 2.61. The monoisotopic (exact) mass is 291 g/mol. The number of piperidine rings is 1. The third-order valence-corrected chi connectivity index (χ3v) is 3.74. The Morgan fingerprint density at radius 2 is 1.95 bits per heavy atom. The molecule has 0 saturated carbocycles. The standard InChI is InChI=1S/C15H21N3O3/c19-15(16-8-11-17-9-4-1-5-10-17)12-13-6-2-3-7-14(13)18(20)21/h2-3,6-7H,1,4-5,8-12H2,(H,16,19). The van der Waals surface area contributed by atoms with Crippen LogP contribution < -0.4 is 5.32 Å². The van der Waals surface area contributed by atoms with Crippen molar-refractivity contribution in [1.29, 1.82) is 0 Å². The van der Waals surface area contributed by atoms with Gasteiger partial charge in [-0.25, -0.2) is 0 Å². The van der Waals surface area contributed by atoms with Crippen molar-refractivity contribution in [2.45, 2.75) is 25.7 Å². The van der Waals surface area contributed by atoms with Crippen LogP contribution in [0.25, 0.3) is 0 Å². The zero-order valence-electron chi connectivity index (χ0n) is 12.1. The molecule has 0 spiro atoms. The highest BCUT2D eigenvalue weighted by molar-refractivity contribution is 5.79. The number of nitro benzene ring substituents is 1. The second-order valence-electron chi connectivity index (χ2n) is 5.31. The quantitative estimate of drug-likeness (QED) is 0.640. The van der Waals surface area contributed by atoms with Crippen LogP contribution in [-0.2, 0) is 11.2 Å². The minimum Gasteiger partial charge on any atom is -0.355 e. The zero-order chi connectivity index (χ0) is 15.1. The van der Waals surface area contributed by atoms with Crippen LogP contribution in [0.15, 0.2) is 24.3 Å². The van der Waals surface area contributed by atoms with E-state index in [2.05, 4.69) is 10.2 Å². The Balaban J connectivity index is 1.78. The van der Waals surface area contributed by atoms with Crippen molar-refractivity contribution in [1.82, 2.24) is 10.2 Å². The van der Waals surface area contributed by atoms with Gasteiger partial charge in [0.15, 0.2) is 0 Å². The van der Waals surface area contributed by atoms with Crippen LogP contribution in [0.3, 0.4) is 0 Å². The SMILES string of the molecule is O=C(Cc1ccccc1[N+](=O)[O-])NCCN1CCCCC1. The molecule has 0 unspecified atom stereocenters. The summed E-state index contributed by atoms with van der Waals surface area (Å²) in [5, 5.41) is 13.7. The number of nitrogens with one attached hydrogen (secondary N) is 1. The van der Waals surface area contributed by atoms with E-state index in [-0.39, 0.29) is 18.0 Å². The molecule has 0 atom stereocenters. The topological polar surface area (TPSA) is 75.5 Å². The largest absolute Gasteiger partial charge is 0.355 e. The predicted molar refractivity (Wildman–Crippen MR) is 80.1 cm³/mol. The van der Waals surface area contributed by atoms with Gasteiger partial charge in [-0.2, -0.15) is 0 Å². The van der Waals surface area contributed by atoms with Gasteiger partial charge >= 0.3 is 0 Å². The maximum Gasteiger partial charge on any atom is 0.273 e. The molecule has 0 aliphatic carbocycles. The minimum absolute atomic E-state index is 0.00341. The van der Waals surface area contributed by atoms with Gasteiger partial charge in [-0.3, -0.25) is 14.9 Å². The average Bonchev–Trinajstić information content (AvgIpc) is 2.48. The average molecular weight is 291 g/mol. The van der Waals surface area contributed by atoms with Crippen LogP contribution in [0.4, 0.5) is 5.69 Å². The molecule has 1 heterocycles. The summed E-state index contributed by atoms with van der Waals surface area (Å²) < 4.78 is 0. The Hall–Kier alpha value is -1.95. The first kappa shape index (κ1) is 15.4. The Labute approximate surface area is 124 Å². The molecule has 1 N–H and O–H groups in total. The molecule has 1 saturated heterocycles. The van der Waals surface area contributed by atoms with Crippen molar-refractivity contribution in [2.75, 3.05) is 26.2 Å².